The highest BCUT2D eigenvalue weighted by Crippen LogP contribution is 2.35. The quantitative estimate of drug-likeness (QED) is 0.900. The number of carboxylic acids is 1. The highest BCUT2D eigenvalue weighted by molar-refractivity contribution is 9.10. The van der Waals surface area contributed by atoms with Crippen LogP contribution in [0.4, 0.5) is 0 Å². The van der Waals surface area contributed by atoms with Crippen molar-refractivity contribution in [2.24, 2.45) is 5.92 Å². The smallest absolute Gasteiger partial charge is 0.306 e. The summed E-state index contributed by atoms with van der Waals surface area (Å²) in [6.45, 7) is 0. The van der Waals surface area contributed by atoms with Gasteiger partial charge in [0, 0.05) is 5.92 Å². The number of aromatic nitrogens is 1. The topological polar surface area (TPSA) is 63.3 Å². The molecular formula is C10H12BrNO3. The minimum absolute atomic E-state index is 0.181. The molecule has 5 heteroatoms. The predicted octanol–water partition coefficient (Wildman–Crippen LogP) is 2.80. The number of halogens is 1. The zero-order valence-electron chi connectivity index (χ0n) is 8.15. The summed E-state index contributed by atoms with van der Waals surface area (Å²) in [7, 11) is 0. The molecule has 0 radical (unpaired) electrons. The highest BCUT2D eigenvalue weighted by atomic mass is 79.9. The molecule has 0 saturated heterocycles. The Labute approximate surface area is 95.8 Å². The number of hydrogen-bond acceptors (Lipinski definition) is 3. The van der Waals surface area contributed by atoms with Gasteiger partial charge in [0.25, 0.3) is 0 Å². The van der Waals surface area contributed by atoms with Gasteiger partial charge in [-0.2, -0.15) is 0 Å². The van der Waals surface area contributed by atoms with Gasteiger partial charge in [-0.1, -0.05) is 0 Å². The van der Waals surface area contributed by atoms with Crippen molar-refractivity contribution in [1.82, 2.24) is 4.98 Å². The van der Waals surface area contributed by atoms with Gasteiger partial charge in [-0.25, -0.2) is 4.98 Å². The average molecular weight is 274 g/mol. The van der Waals surface area contributed by atoms with Gasteiger partial charge in [-0.3, -0.25) is 4.79 Å². The van der Waals surface area contributed by atoms with Crippen molar-refractivity contribution in [3.63, 3.8) is 0 Å². The Hall–Kier alpha value is -0.840. The summed E-state index contributed by atoms with van der Waals surface area (Å²) >= 11 is 3.21. The summed E-state index contributed by atoms with van der Waals surface area (Å²) in [4.78, 5) is 14.9. The van der Waals surface area contributed by atoms with E-state index >= 15 is 0 Å². The number of carbonyl (C=O) groups is 1. The van der Waals surface area contributed by atoms with Gasteiger partial charge in [0.05, 0.1) is 12.1 Å². The summed E-state index contributed by atoms with van der Waals surface area (Å²) in [6, 6.07) is 0. The molecule has 1 aliphatic carbocycles. The molecule has 1 aromatic rings. The van der Waals surface area contributed by atoms with Crippen LogP contribution < -0.4 is 0 Å². The third-order valence-electron chi connectivity index (χ3n) is 2.92. The van der Waals surface area contributed by atoms with E-state index in [0.29, 0.717) is 4.67 Å². The lowest BCUT2D eigenvalue weighted by atomic mass is 9.82. The summed E-state index contributed by atoms with van der Waals surface area (Å²) in [5.41, 5.74) is 0. The van der Waals surface area contributed by atoms with E-state index in [1.54, 1.807) is 6.20 Å². The Bertz CT molecular complexity index is 355. The second-order valence-electron chi connectivity index (χ2n) is 3.89. The van der Waals surface area contributed by atoms with Crippen molar-refractivity contribution in [3.8, 4) is 0 Å². The molecule has 1 saturated carbocycles. The number of oxazole rings is 1. The van der Waals surface area contributed by atoms with Crippen molar-refractivity contribution in [3.05, 3.63) is 16.8 Å². The average Bonchev–Trinajstić information content (AvgIpc) is 2.65. The van der Waals surface area contributed by atoms with Crippen LogP contribution in [0.2, 0.25) is 0 Å². The molecule has 1 fully saturated rings. The summed E-state index contributed by atoms with van der Waals surface area (Å²) in [5, 5.41) is 8.85. The lowest BCUT2D eigenvalue weighted by molar-refractivity contribution is -0.142. The van der Waals surface area contributed by atoms with E-state index in [0.717, 1.165) is 31.6 Å². The molecule has 0 aromatic carbocycles. The van der Waals surface area contributed by atoms with Crippen LogP contribution in [0.5, 0.6) is 0 Å². The van der Waals surface area contributed by atoms with E-state index in [2.05, 4.69) is 20.9 Å². The van der Waals surface area contributed by atoms with E-state index in [9.17, 15) is 4.79 Å². The number of hydrogen-bond donors (Lipinski definition) is 1. The molecule has 0 aliphatic heterocycles. The predicted molar refractivity (Wildman–Crippen MR) is 56.5 cm³/mol. The van der Waals surface area contributed by atoms with Gasteiger partial charge in [-0.05, 0) is 41.6 Å². The second-order valence-corrected chi connectivity index (χ2v) is 4.67. The van der Waals surface area contributed by atoms with Crippen LogP contribution in [-0.2, 0) is 4.79 Å². The number of nitrogens with zero attached hydrogens (tertiary/aromatic N) is 1. The molecule has 0 atom stereocenters. The molecule has 82 valence electrons. The normalized spacial score (nSPS) is 26.5. The molecular weight excluding hydrogens is 262 g/mol. The molecule has 0 bridgehead atoms. The van der Waals surface area contributed by atoms with Crippen LogP contribution in [0.25, 0.3) is 0 Å². The van der Waals surface area contributed by atoms with Gasteiger partial charge in [0.2, 0.25) is 0 Å². The van der Waals surface area contributed by atoms with Crippen molar-refractivity contribution in [1.29, 1.82) is 0 Å². The number of aliphatic carboxylic acids is 1. The Balaban J connectivity index is 1.96. The lowest BCUT2D eigenvalue weighted by Crippen LogP contribution is -2.20. The van der Waals surface area contributed by atoms with Gasteiger partial charge < -0.3 is 9.52 Å². The van der Waals surface area contributed by atoms with Gasteiger partial charge in [-0.15, -0.1) is 0 Å². The molecule has 1 N–H and O–H groups in total. The molecule has 1 aliphatic rings. The maximum absolute atomic E-state index is 10.8. The Morgan fingerprint density at radius 3 is 2.60 bits per heavy atom. The Kier molecular flexibility index (Phi) is 3.09. The first-order valence-corrected chi connectivity index (χ1v) is 5.80. The van der Waals surface area contributed by atoms with E-state index in [1.807, 2.05) is 0 Å². The van der Waals surface area contributed by atoms with Crippen LogP contribution in [0.15, 0.2) is 15.3 Å². The Morgan fingerprint density at radius 1 is 1.47 bits per heavy atom. The van der Waals surface area contributed by atoms with Crippen LogP contribution >= 0.6 is 15.9 Å². The fourth-order valence-corrected chi connectivity index (χ4v) is 2.31. The fraction of sp³-hybridized carbons (Fsp3) is 0.600. The van der Waals surface area contributed by atoms with Crippen molar-refractivity contribution < 1.29 is 14.3 Å². The first-order chi connectivity index (χ1) is 7.16. The monoisotopic (exact) mass is 273 g/mol. The van der Waals surface area contributed by atoms with Crippen molar-refractivity contribution >= 4 is 21.9 Å². The van der Waals surface area contributed by atoms with E-state index in [4.69, 9.17) is 9.52 Å². The molecule has 4 nitrogen and oxygen atoms in total. The van der Waals surface area contributed by atoms with Crippen molar-refractivity contribution in [2.45, 2.75) is 31.6 Å². The Morgan fingerprint density at radius 2 is 2.13 bits per heavy atom. The van der Waals surface area contributed by atoms with Crippen LogP contribution in [-0.4, -0.2) is 16.1 Å². The first-order valence-electron chi connectivity index (χ1n) is 5.01. The molecule has 1 aromatic heterocycles. The second kappa shape index (κ2) is 4.35. The maximum Gasteiger partial charge on any atom is 0.306 e. The van der Waals surface area contributed by atoms with Crippen LogP contribution in [0.1, 0.15) is 37.5 Å². The van der Waals surface area contributed by atoms with Crippen LogP contribution in [0.3, 0.4) is 0 Å². The van der Waals surface area contributed by atoms with Crippen LogP contribution in [0, 0.1) is 5.92 Å². The van der Waals surface area contributed by atoms with E-state index < -0.39 is 5.97 Å². The van der Waals surface area contributed by atoms with Gasteiger partial charge in [0.15, 0.2) is 10.6 Å². The summed E-state index contributed by atoms with van der Waals surface area (Å²) < 4.78 is 6.01. The van der Waals surface area contributed by atoms with E-state index in [1.165, 1.54) is 0 Å². The molecule has 15 heavy (non-hydrogen) atoms. The standard InChI is InChI=1S/C10H12BrNO3/c11-8-5-12-9(15-8)6-1-3-7(4-2-6)10(13)14/h5-7H,1-4H2,(H,13,14). The molecule has 0 unspecified atom stereocenters. The minimum atomic E-state index is -0.679. The minimum Gasteiger partial charge on any atom is -0.481 e. The number of carboxylic acid groups (broad SMARTS) is 1. The largest absolute Gasteiger partial charge is 0.481 e. The number of rotatable bonds is 2. The molecule has 0 amide bonds. The molecule has 1 heterocycles. The van der Waals surface area contributed by atoms with Gasteiger partial charge >= 0.3 is 5.97 Å². The van der Waals surface area contributed by atoms with Crippen molar-refractivity contribution in [2.75, 3.05) is 0 Å². The summed E-state index contributed by atoms with van der Waals surface area (Å²) in [6.07, 6.45) is 4.78. The highest BCUT2D eigenvalue weighted by Gasteiger charge is 2.28. The third kappa shape index (κ3) is 2.40. The third-order valence-corrected chi connectivity index (χ3v) is 3.29. The first kappa shape index (κ1) is 10.7. The summed E-state index contributed by atoms with van der Waals surface area (Å²) in [5.74, 6) is 0.152. The molecule has 2 rings (SSSR count). The van der Waals surface area contributed by atoms with Gasteiger partial charge in [0.1, 0.15) is 0 Å². The fourth-order valence-electron chi connectivity index (χ4n) is 2.04. The lowest BCUT2D eigenvalue weighted by Gasteiger charge is -2.23. The zero-order valence-corrected chi connectivity index (χ0v) is 9.74. The van der Waals surface area contributed by atoms with E-state index in [-0.39, 0.29) is 11.8 Å². The maximum atomic E-state index is 10.8. The zero-order chi connectivity index (χ0) is 10.8. The SMILES string of the molecule is O=C(O)C1CCC(c2ncc(Br)o2)CC1. The molecule has 0 spiro atoms.